The molecule has 24 heavy (non-hydrogen) atoms. The van der Waals surface area contributed by atoms with E-state index in [2.05, 4.69) is 15.2 Å². The van der Waals surface area contributed by atoms with Crippen molar-refractivity contribution < 1.29 is 9.59 Å². The number of carbonyl (C=O) groups is 2. The minimum absolute atomic E-state index is 0.0849. The van der Waals surface area contributed by atoms with Crippen molar-refractivity contribution in [2.45, 2.75) is 37.4 Å². The van der Waals surface area contributed by atoms with Crippen LogP contribution in [0, 0.1) is 0 Å². The fourth-order valence-corrected chi connectivity index (χ4v) is 3.82. The summed E-state index contributed by atoms with van der Waals surface area (Å²) in [5, 5.41) is 2.57. The van der Waals surface area contributed by atoms with E-state index in [4.69, 9.17) is 5.73 Å². The van der Waals surface area contributed by atoms with E-state index in [1.165, 1.54) is 31.4 Å². The van der Waals surface area contributed by atoms with Crippen LogP contribution in [0.3, 0.4) is 0 Å². The van der Waals surface area contributed by atoms with Crippen molar-refractivity contribution >= 4 is 40.1 Å². The lowest BCUT2D eigenvalue weighted by atomic mass is 10.2. The Kier molecular flexibility index (Phi) is 5.40. The lowest BCUT2D eigenvalue weighted by Crippen LogP contribution is -2.24. The summed E-state index contributed by atoms with van der Waals surface area (Å²) in [5.74, 6) is -0.530. The number of benzene rings is 1. The van der Waals surface area contributed by atoms with Gasteiger partial charge in [-0.15, -0.1) is 0 Å². The zero-order valence-electron chi connectivity index (χ0n) is 13.5. The second kappa shape index (κ2) is 7.70. The second-order valence-electron chi connectivity index (χ2n) is 6.10. The molecule has 1 aromatic carbocycles. The number of thioether (sulfide) groups is 1. The topological polar surface area (TPSA) is 87.8 Å². The van der Waals surface area contributed by atoms with Crippen molar-refractivity contribution in [3.05, 3.63) is 24.3 Å². The van der Waals surface area contributed by atoms with Gasteiger partial charge in [-0.3, -0.25) is 9.59 Å². The smallest absolute Gasteiger partial charge is 0.262 e. The molecule has 2 amide bonds. The van der Waals surface area contributed by atoms with Crippen LogP contribution in [-0.2, 0) is 9.59 Å². The molecule has 3 N–H and O–H groups in total. The number of aliphatic imine (C=N–C) groups is 1. The first-order chi connectivity index (χ1) is 11.6. The summed E-state index contributed by atoms with van der Waals surface area (Å²) in [6.07, 6.45) is 5.16. The molecule has 3 rings (SSSR count). The summed E-state index contributed by atoms with van der Waals surface area (Å²) in [6.45, 7) is 2.18. The van der Waals surface area contributed by atoms with Gasteiger partial charge in [0.25, 0.3) is 5.91 Å². The Morgan fingerprint density at radius 2 is 1.88 bits per heavy atom. The normalized spacial score (nSPS) is 21.3. The molecule has 1 saturated heterocycles. The number of hydrogen-bond donors (Lipinski definition) is 2. The zero-order chi connectivity index (χ0) is 16.9. The predicted molar refractivity (Wildman–Crippen MR) is 98.4 cm³/mol. The van der Waals surface area contributed by atoms with Gasteiger partial charge in [-0.2, -0.15) is 4.99 Å². The number of carbonyl (C=O) groups excluding carboxylic acids is 2. The molecule has 2 heterocycles. The number of amidine groups is 1. The number of nitrogens with one attached hydrogen (secondary N) is 1. The van der Waals surface area contributed by atoms with Crippen molar-refractivity contribution in [3.8, 4) is 0 Å². The monoisotopic (exact) mass is 346 g/mol. The van der Waals surface area contributed by atoms with Crippen LogP contribution in [0.2, 0.25) is 0 Å². The van der Waals surface area contributed by atoms with Crippen molar-refractivity contribution in [2.75, 3.05) is 23.3 Å². The van der Waals surface area contributed by atoms with Gasteiger partial charge < -0.3 is 16.0 Å². The molecular weight excluding hydrogens is 324 g/mol. The predicted octanol–water partition coefficient (Wildman–Crippen LogP) is 2.35. The summed E-state index contributed by atoms with van der Waals surface area (Å²) in [6, 6.07) is 7.90. The van der Waals surface area contributed by atoms with Crippen LogP contribution in [0.5, 0.6) is 0 Å². The van der Waals surface area contributed by atoms with Gasteiger partial charge in [-0.25, -0.2) is 0 Å². The van der Waals surface area contributed by atoms with Crippen LogP contribution in [0.1, 0.15) is 32.1 Å². The van der Waals surface area contributed by atoms with Gasteiger partial charge in [-0.1, -0.05) is 24.6 Å². The van der Waals surface area contributed by atoms with Crippen LogP contribution in [-0.4, -0.2) is 35.3 Å². The van der Waals surface area contributed by atoms with Gasteiger partial charge in [0.1, 0.15) is 5.25 Å². The third-order valence-corrected chi connectivity index (χ3v) is 5.24. The molecule has 6 nitrogen and oxygen atoms in total. The quantitative estimate of drug-likeness (QED) is 0.874. The average molecular weight is 346 g/mol. The maximum Gasteiger partial charge on any atom is 0.262 e. The minimum Gasteiger partial charge on any atom is -0.378 e. The number of anilines is 2. The van der Waals surface area contributed by atoms with E-state index in [-0.39, 0.29) is 23.4 Å². The number of rotatable bonds is 4. The Balaban J connectivity index is 1.54. The third-order valence-electron chi connectivity index (χ3n) is 4.25. The van der Waals surface area contributed by atoms with E-state index in [0.717, 1.165) is 30.5 Å². The lowest BCUT2D eigenvalue weighted by molar-refractivity contribution is -0.121. The summed E-state index contributed by atoms with van der Waals surface area (Å²) < 4.78 is 0. The van der Waals surface area contributed by atoms with E-state index in [0.29, 0.717) is 0 Å². The Labute approximate surface area is 145 Å². The maximum atomic E-state index is 12.1. The molecule has 2 aliphatic rings. The number of nitrogens with zero attached hydrogens (tertiary/aromatic N) is 2. The number of nitrogens with two attached hydrogens (primary N) is 1. The Morgan fingerprint density at radius 1 is 1.21 bits per heavy atom. The SMILES string of the molecule is NC1=NC(=O)C(CC(=O)Nc2ccc(N3CCCCCC3)cc2)S1. The molecule has 0 saturated carbocycles. The van der Waals surface area contributed by atoms with E-state index < -0.39 is 5.25 Å². The van der Waals surface area contributed by atoms with Crippen molar-refractivity contribution in [1.82, 2.24) is 0 Å². The van der Waals surface area contributed by atoms with Crippen molar-refractivity contribution in [2.24, 2.45) is 10.7 Å². The van der Waals surface area contributed by atoms with E-state index >= 15 is 0 Å². The zero-order valence-corrected chi connectivity index (χ0v) is 14.3. The van der Waals surface area contributed by atoms with Crippen LogP contribution < -0.4 is 16.0 Å². The molecule has 0 spiro atoms. The maximum absolute atomic E-state index is 12.1. The first kappa shape index (κ1) is 16.8. The fourth-order valence-electron chi connectivity index (χ4n) is 3.00. The number of hydrogen-bond acceptors (Lipinski definition) is 5. The summed E-state index contributed by atoms with van der Waals surface area (Å²) in [4.78, 5) is 29.7. The van der Waals surface area contributed by atoms with Gasteiger partial charge in [0.15, 0.2) is 5.17 Å². The Hall–Kier alpha value is -2.02. The van der Waals surface area contributed by atoms with Crippen molar-refractivity contribution in [3.63, 3.8) is 0 Å². The summed E-state index contributed by atoms with van der Waals surface area (Å²) in [7, 11) is 0. The summed E-state index contributed by atoms with van der Waals surface area (Å²) >= 11 is 1.15. The van der Waals surface area contributed by atoms with E-state index in [9.17, 15) is 9.59 Å². The molecule has 128 valence electrons. The highest BCUT2D eigenvalue weighted by molar-refractivity contribution is 8.15. The first-order valence-corrected chi connectivity index (χ1v) is 9.19. The van der Waals surface area contributed by atoms with Gasteiger partial charge >= 0.3 is 0 Å². The Bertz CT molecular complexity index is 636. The lowest BCUT2D eigenvalue weighted by Gasteiger charge is -2.22. The fraction of sp³-hybridized carbons (Fsp3) is 0.471. The van der Waals surface area contributed by atoms with E-state index in [1.54, 1.807) is 0 Å². The number of amides is 2. The molecule has 1 aromatic rings. The minimum atomic E-state index is -0.499. The van der Waals surface area contributed by atoms with Crippen LogP contribution in [0.25, 0.3) is 0 Å². The molecule has 0 radical (unpaired) electrons. The average Bonchev–Trinajstić information content (AvgIpc) is 2.77. The highest BCUT2D eigenvalue weighted by Crippen LogP contribution is 2.24. The molecule has 0 aromatic heterocycles. The highest BCUT2D eigenvalue weighted by Gasteiger charge is 2.29. The van der Waals surface area contributed by atoms with Gasteiger partial charge in [0, 0.05) is 30.9 Å². The van der Waals surface area contributed by atoms with Gasteiger partial charge in [0.2, 0.25) is 5.91 Å². The van der Waals surface area contributed by atoms with Gasteiger partial charge in [0.05, 0.1) is 0 Å². The molecule has 1 fully saturated rings. The second-order valence-corrected chi connectivity index (χ2v) is 7.32. The standard InChI is InChI=1S/C17H22N4O2S/c18-17-20-16(23)14(24-17)11-15(22)19-12-5-7-13(8-6-12)21-9-3-1-2-4-10-21/h5-8,14H,1-4,9-11H2,(H,19,22)(H2,18,20,23). The third kappa shape index (κ3) is 4.29. The largest absolute Gasteiger partial charge is 0.378 e. The van der Waals surface area contributed by atoms with E-state index in [1.807, 2.05) is 24.3 Å². The molecule has 0 aliphatic carbocycles. The molecule has 7 heteroatoms. The van der Waals surface area contributed by atoms with Gasteiger partial charge in [-0.05, 0) is 37.1 Å². The molecule has 0 bridgehead atoms. The molecule has 1 atom stereocenters. The van der Waals surface area contributed by atoms with Crippen LogP contribution in [0.4, 0.5) is 11.4 Å². The highest BCUT2D eigenvalue weighted by atomic mass is 32.2. The van der Waals surface area contributed by atoms with Crippen LogP contribution >= 0.6 is 11.8 Å². The first-order valence-electron chi connectivity index (χ1n) is 8.31. The van der Waals surface area contributed by atoms with Crippen molar-refractivity contribution in [1.29, 1.82) is 0 Å². The molecule has 1 unspecified atom stereocenters. The van der Waals surface area contributed by atoms with Crippen LogP contribution in [0.15, 0.2) is 29.3 Å². The molecular formula is C17H22N4O2S. The molecule has 2 aliphatic heterocycles. The summed E-state index contributed by atoms with van der Waals surface area (Å²) in [5.41, 5.74) is 7.43. The Morgan fingerprint density at radius 3 is 2.46 bits per heavy atom.